The molecule has 2 heterocycles. The van der Waals surface area contributed by atoms with Gasteiger partial charge in [-0.1, -0.05) is 30.3 Å². The molecule has 1 unspecified atom stereocenters. The van der Waals surface area contributed by atoms with E-state index in [4.69, 9.17) is 4.52 Å². The van der Waals surface area contributed by atoms with E-state index in [1.54, 1.807) is 36.5 Å². The van der Waals surface area contributed by atoms with Gasteiger partial charge in [-0.25, -0.2) is 13.1 Å². The van der Waals surface area contributed by atoms with Crippen molar-refractivity contribution < 1.29 is 12.9 Å². The van der Waals surface area contributed by atoms with Crippen LogP contribution in [0.5, 0.6) is 0 Å². The Morgan fingerprint density at radius 2 is 2.03 bits per heavy atom. The normalized spacial score (nSPS) is 13.1. The summed E-state index contributed by atoms with van der Waals surface area (Å²) in [5.41, 5.74) is 2.14. The number of aromatic nitrogens is 1. The Bertz CT molecular complexity index is 1060. The predicted octanol–water partition coefficient (Wildman–Crippen LogP) is 4.60. The number of nitrogens with zero attached hydrogens (tertiary/aromatic N) is 2. The Hall–Kier alpha value is -2.00. The zero-order chi connectivity index (χ0) is 21.7. The number of aryl methyl sites for hydroxylation is 2. The molecule has 3 rings (SSSR count). The first-order valence-electron chi connectivity index (χ1n) is 10.1. The van der Waals surface area contributed by atoms with E-state index in [2.05, 4.69) is 40.1 Å². The van der Waals surface area contributed by atoms with Crippen LogP contribution in [-0.2, 0) is 16.6 Å². The van der Waals surface area contributed by atoms with Crippen LogP contribution in [-0.4, -0.2) is 37.6 Å². The fourth-order valence-corrected chi connectivity index (χ4v) is 5.28. The quantitative estimate of drug-likeness (QED) is 0.492. The van der Waals surface area contributed by atoms with Crippen LogP contribution in [0, 0.1) is 13.8 Å². The second-order valence-electron chi connectivity index (χ2n) is 7.52. The molecule has 0 aliphatic heterocycles. The fraction of sp³-hybridized carbons (Fsp3) is 0.409. The van der Waals surface area contributed by atoms with E-state index in [1.165, 1.54) is 4.88 Å². The molecule has 0 aliphatic rings. The summed E-state index contributed by atoms with van der Waals surface area (Å²) in [4.78, 5) is 3.86. The molecule has 3 aromatic rings. The highest BCUT2D eigenvalue weighted by Crippen LogP contribution is 2.25. The van der Waals surface area contributed by atoms with Crippen molar-refractivity contribution in [2.75, 3.05) is 13.1 Å². The van der Waals surface area contributed by atoms with Crippen molar-refractivity contribution in [3.63, 3.8) is 0 Å². The summed E-state index contributed by atoms with van der Waals surface area (Å²) in [5, 5.41) is 5.95. The van der Waals surface area contributed by atoms with E-state index in [0.717, 1.165) is 18.7 Å². The van der Waals surface area contributed by atoms with Crippen molar-refractivity contribution in [3.05, 3.63) is 57.9 Å². The monoisotopic (exact) mass is 447 g/mol. The predicted molar refractivity (Wildman–Crippen MR) is 121 cm³/mol. The molecule has 0 fully saturated rings. The molecule has 30 heavy (non-hydrogen) atoms. The van der Waals surface area contributed by atoms with Gasteiger partial charge in [0.2, 0.25) is 10.0 Å². The Kier molecular flexibility index (Phi) is 7.46. The standard InChI is InChI=1S/C22H29N3O3S2/c1-5-18(4)25(15-20-7-6-12-29-20)11-10-23-30(26,27)22-14-19(9-8-16(22)2)21-13-17(3)24-28-21/h6-9,12-14,18,23H,5,10-11,15H2,1-4H3. The van der Waals surface area contributed by atoms with Crippen LogP contribution in [0.1, 0.15) is 36.4 Å². The third-order valence-corrected chi connectivity index (χ3v) is 7.70. The van der Waals surface area contributed by atoms with Crippen LogP contribution in [0.25, 0.3) is 11.3 Å². The van der Waals surface area contributed by atoms with Crippen molar-refractivity contribution >= 4 is 21.4 Å². The number of hydrogen-bond acceptors (Lipinski definition) is 6. The molecule has 1 atom stereocenters. The maximum Gasteiger partial charge on any atom is 0.240 e. The average molecular weight is 448 g/mol. The van der Waals surface area contributed by atoms with Crippen molar-refractivity contribution in [1.82, 2.24) is 14.8 Å². The topological polar surface area (TPSA) is 75.4 Å². The van der Waals surface area contributed by atoms with Crippen molar-refractivity contribution in [1.29, 1.82) is 0 Å². The summed E-state index contributed by atoms with van der Waals surface area (Å²) in [5.74, 6) is 0.558. The van der Waals surface area contributed by atoms with Crippen LogP contribution < -0.4 is 4.72 Å². The Balaban J connectivity index is 1.71. The summed E-state index contributed by atoms with van der Waals surface area (Å²) in [7, 11) is -3.64. The van der Waals surface area contributed by atoms with E-state index in [0.29, 0.717) is 36.0 Å². The van der Waals surface area contributed by atoms with E-state index in [1.807, 2.05) is 19.1 Å². The molecule has 0 bridgehead atoms. The van der Waals surface area contributed by atoms with Crippen LogP contribution in [0.3, 0.4) is 0 Å². The highest BCUT2D eigenvalue weighted by Gasteiger charge is 2.20. The minimum Gasteiger partial charge on any atom is -0.356 e. The molecule has 6 nitrogen and oxygen atoms in total. The lowest BCUT2D eigenvalue weighted by Crippen LogP contribution is -2.39. The Morgan fingerprint density at radius 3 is 2.67 bits per heavy atom. The van der Waals surface area contributed by atoms with Gasteiger partial charge in [0.05, 0.1) is 10.6 Å². The zero-order valence-corrected chi connectivity index (χ0v) is 19.5. The van der Waals surface area contributed by atoms with E-state index in [9.17, 15) is 8.42 Å². The van der Waals surface area contributed by atoms with Gasteiger partial charge in [0, 0.05) is 42.2 Å². The van der Waals surface area contributed by atoms with Crippen LogP contribution in [0.2, 0.25) is 0 Å². The highest BCUT2D eigenvalue weighted by molar-refractivity contribution is 7.89. The molecule has 1 aromatic carbocycles. The number of hydrogen-bond donors (Lipinski definition) is 1. The number of sulfonamides is 1. The molecular weight excluding hydrogens is 418 g/mol. The first kappa shape index (κ1) is 22.7. The first-order chi connectivity index (χ1) is 14.3. The first-order valence-corrected chi connectivity index (χ1v) is 12.5. The maximum absolute atomic E-state index is 13.0. The number of rotatable bonds is 10. The Morgan fingerprint density at radius 1 is 1.23 bits per heavy atom. The van der Waals surface area contributed by atoms with Crippen LogP contribution >= 0.6 is 11.3 Å². The van der Waals surface area contributed by atoms with Crippen molar-refractivity contribution in [2.24, 2.45) is 0 Å². The van der Waals surface area contributed by atoms with Gasteiger partial charge < -0.3 is 4.52 Å². The maximum atomic E-state index is 13.0. The molecule has 0 spiro atoms. The van der Waals surface area contributed by atoms with Gasteiger partial charge >= 0.3 is 0 Å². The van der Waals surface area contributed by atoms with Gasteiger partial charge in [0.15, 0.2) is 5.76 Å². The van der Waals surface area contributed by atoms with Crippen molar-refractivity contribution in [3.8, 4) is 11.3 Å². The van der Waals surface area contributed by atoms with Crippen molar-refractivity contribution in [2.45, 2.75) is 51.6 Å². The highest BCUT2D eigenvalue weighted by atomic mass is 32.2. The van der Waals surface area contributed by atoms with Gasteiger partial charge in [0.25, 0.3) is 0 Å². The zero-order valence-electron chi connectivity index (χ0n) is 17.9. The second kappa shape index (κ2) is 9.87. The Labute approximate surface area is 183 Å². The van der Waals surface area contributed by atoms with Gasteiger partial charge in [-0.2, -0.15) is 0 Å². The summed E-state index contributed by atoms with van der Waals surface area (Å²) < 4.78 is 34.1. The van der Waals surface area contributed by atoms with E-state index < -0.39 is 10.0 Å². The lowest BCUT2D eigenvalue weighted by molar-refractivity contribution is 0.200. The summed E-state index contributed by atoms with van der Waals surface area (Å²) >= 11 is 1.72. The lowest BCUT2D eigenvalue weighted by atomic mass is 10.1. The van der Waals surface area contributed by atoms with Gasteiger partial charge in [0.1, 0.15) is 0 Å². The summed E-state index contributed by atoms with van der Waals surface area (Å²) in [6, 6.07) is 11.6. The largest absolute Gasteiger partial charge is 0.356 e. The third kappa shape index (κ3) is 5.57. The number of benzene rings is 1. The van der Waals surface area contributed by atoms with E-state index >= 15 is 0 Å². The molecule has 2 aromatic heterocycles. The minimum absolute atomic E-state index is 0.266. The molecule has 0 aliphatic carbocycles. The number of thiophene rings is 1. The SMILES string of the molecule is CCC(C)N(CCNS(=O)(=O)c1cc(-c2cc(C)no2)ccc1C)Cc1cccs1. The second-order valence-corrected chi connectivity index (χ2v) is 10.3. The van der Waals surface area contributed by atoms with Gasteiger partial charge in [-0.3, -0.25) is 4.90 Å². The molecule has 162 valence electrons. The molecule has 8 heteroatoms. The lowest BCUT2D eigenvalue weighted by Gasteiger charge is -2.28. The minimum atomic E-state index is -3.64. The molecule has 0 saturated carbocycles. The van der Waals surface area contributed by atoms with E-state index in [-0.39, 0.29) is 4.90 Å². The van der Waals surface area contributed by atoms with Gasteiger partial charge in [-0.15, -0.1) is 11.3 Å². The third-order valence-electron chi connectivity index (χ3n) is 5.23. The molecule has 0 saturated heterocycles. The average Bonchev–Trinajstić information content (AvgIpc) is 3.38. The fourth-order valence-electron chi connectivity index (χ4n) is 3.26. The number of nitrogens with one attached hydrogen (secondary N) is 1. The molecular formula is C22H29N3O3S2. The van der Waals surface area contributed by atoms with Crippen LogP contribution in [0.15, 0.2) is 51.2 Å². The summed E-state index contributed by atoms with van der Waals surface area (Å²) in [6.07, 6.45) is 1.01. The molecule has 0 radical (unpaired) electrons. The van der Waals surface area contributed by atoms with Crippen LogP contribution in [0.4, 0.5) is 0 Å². The smallest absolute Gasteiger partial charge is 0.240 e. The molecule has 0 amide bonds. The van der Waals surface area contributed by atoms with Gasteiger partial charge in [-0.05, 0) is 50.3 Å². The molecule has 1 N–H and O–H groups in total. The summed E-state index contributed by atoms with van der Waals surface area (Å²) in [6.45, 7) is 9.78.